The first-order valence-electron chi connectivity index (χ1n) is 3.02. The molecule has 0 aromatic carbocycles. The molecule has 72 valence electrons. The highest BCUT2D eigenvalue weighted by Gasteiger charge is 2.38. The van der Waals surface area contributed by atoms with Gasteiger partial charge in [0.2, 0.25) is 0 Å². The number of amides is 1. The zero-order chi connectivity index (χ0) is 9.61. The number of aliphatic hydroxyl groups excluding tert-OH is 1. The molecule has 0 aromatic heterocycles. The van der Waals surface area contributed by atoms with Crippen LogP contribution in [0.4, 0.5) is 13.2 Å². The minimum Gasteiger partial charge on any atom is -0.371 e. The summed E-state index contributed by atoms with van der Waals surface area (Å²) >= 11 is 0. The second kappa shape index (κ2) is 4.94. The lowest BCUT2D eigenvalue weighted by molar-refractivity contribution is -0.173. The quantitative estimate of drug-likeness (QED) is 0.466. The van der Waals surface area contributed by atoms with Gasteiger partial charge in [-0.2, -0.15) is 13.2 Å². The summed E-state index contributed by atoms with van der Waals surface area (Å²) in [6.45, 7) is -1.01. The number of rotatable bonds is 4. The number of alkyl halides is 3. The molecule has 4 nitrogen and oxygen atoms in total. The van der Waals surface area contributed by atoms with E-state index in [0.29, 0.717) is 0 Å². The number of carbonyl (C=O) groups is 1. The Morgan fingerprint density at radius 1 is 1.50 bits per heavy atom. The molecule has 0 bridgehead atoms. The third-order valence-electron chi connectivity index (χ3n) is 0.881. The molecule has 7 heteroatoms. The number of hydrogen-bond donors (Lipinski definition) is 2. The van der Waals surface area contributed by atoms with Crippen LogP contribution in [0.15, 0.2) is 0 Å². The van der Waals surface area contributed by atoms with Crippen molar-refractivity contribution in [1.82, 2.24) is 5.32 Å². The van der Waals surface area contributed by atoms with Gasteiger partial charge in [-0.05, 0) is 0 Å². The second-order valence-electron chi connectivity index (χ2n) is 1.79. The van der Waals surface area contributed by atoms with Gasteiger partial charge < -0.3 is 15.2 Å². The molecule has 0 aliphatic carbocycles. The highest BCUT2D eigenvalue weighted by molar-refractivity contribution is 5.81. The topological polar surface area (TPSA) is 58.6 Å². The maximum absolute atomic E-state index is 11.5. The summed E-state index contributed by atoms with van der Waals surface area (Å²) in [5.74, 6) is -2.01. The van der Waals surface area contributed by atoms with Crippen molar-refractivity contribution in [3.05, 3.63) is 0 Å². The Labute approximate surface area is 66.3 Å². The van der Waals surface area contributed by atoms with Crippen LogP contribution in [0.25, 0.3) is 0 Å². The van der Waals surface area contributed by atoms with E-state index in [9.17, 15) is 18.0 Å². The lowest BCUT2D eigenvalue weighted by atomic mass is 10.5. The second-order valence-corrected chi connectivity index (χ2v) is 1.79. The van der Waals surface area contributed by atoms with Crippen LogP contribution >= 0.6 is 0 Å². The largest absolute Gasteiger partial charge is 0.471 e. The van der Waals surface area contributed by atoms with E-state index in [1.807, 2.05) is 0 Å². The van der Waals surface area contributed by atoms with Crippen LogP contribution in [-0.4, -0.2) is 37.1 Å². The maximum Gasteiger partial charge on any atom is 0.471 e. The number of hydrogen-bond acceptors (Lipinski definition) is 3. The molecule has 0 saturated heterocycles. The lowest BCUT2D eigenvalue weighted by Crippen LogP contribution is -2.38. The maximum atomic E-state index is 11.5. The van der Waals surface area contributed by atoms with E-state index in [2.05, 4.69) is 4.74 Å². The van der Waals surface area contributed by atoms with Crippen LogP contribution in [0.2, 0.25) is 0 Å². The van der Waals surface area contributed by atoms with E-state index in [1.165, 1.54) is 0 Å². The van der Waals surface area contributed by atoms with Gasteiger partial charge in [0, 0.05) is 6.54 Å². The molecule has 12 heavy (non-hydrogen) atoms. The monoisotopic (exact) mass is 187 g/mol. The Hall–Kier alpha value is -0.820. The van der Waals surface area contributed by atoms with E-state index < -0.39 is 18.9 Å². The zero-order valence-corrected chi connectivity index (χ0v) is 6.02. The van der Waals surface area contributed by atoms with Gasteiger partial charge in [0.15, 0.2) is 0 Å². The highest BCUT2D eigenvalue weighted by atomic mass is 19.4. The fourth-order valence-electron chi connectivity index (χ4n) is 0.402. The van der Waals surface area contributed by atoms with Gasteiger partial charge in [0.1, 0.15) is 6.79 Å². The van der Waals surface area contributed by atoms with Gasteiger partial charge in [-0.25, -0.2) is 0 Å². The molecule has 0 aliphatic rings. The molecule has 0 unspecified atom stereocenters. The Kier molecular flexibility index (Phi) is 4.60. The molecule has 0 aromatic rings. The van der Waals surface area contributed by atoms with E-state index in [0.717, 1.165) is 0 Å². The summed E-state index contributed by atoms with van der Waals surface area (Å²) in [6.07, 6.45) is -4.86. The summed E-state index contributed by atoms with van der Waals surface area (Å²) in [5.41, 5.74) is 0. The smallest absolute Gasteiger partial charge is 0.371 e. The molecule has 0 saturated carbocycles. The lowest BCUT2D eigenvalue weighted by Gasteiger charge is -2.06. The molecule has 2 N–H and O–H groups in total. The van der Waals surface area contributed by atoms with E-state index in [1.54, 1.807) is 5.32 Å². The minimum absolute atomic E-state index is 0.154. The number of ether oxygens (including phenoxy) is 1. The number of aliphatic hydroxyl groups is 1. The Morgan fingerprint density at radius 3 is 2.50 bits per heavy atom. The van der Waals surface area contributed by atoms with E-state index in [-0.39, 0.29) is 13.2 Å². The van der Waals surface area contributed by atoms with E-state index >= 15 is 0 Å². The van der Waals surface area contributed by atoms with Gasteiger partial charge in [0.05, 0.1) is 6.61 Å². The third-order valence-corrected chi connectivity index (χ3v) is 0.881. The molecular weight excluding hydrogens is 179 g/mol. The predicted octanol–water partition coefficient (Wildman–Crippen LogP) is -0.369. The van der Waals surface area contributed by atoms with Crippen molar-refractivity contribution in [3.8, 4) is 0 Å². The molecule has 0 atom stereocenters. The van der Waals surface area contributed by atoms with Crippen LogP contribution in [0.3, 0.4) is 0 Å². The van der Waals surface area contributed by atoms with Crippen LogP contribution < -0.4 is 5.32 Å². The highest BCUT2D eigenvalue weighted by Crippen LogP contribution is 2.13. The first-order valence-corrected chi connectivity index (χ1v) is 3.02. The Morgan fingerprint density at radius 2 is 2.08 bits per heavy atom. The standard InChI is InChI=1S/C5H8F3NO3/c6-5(7,8)4(11)9-1-2-12-3-10/h10H,1-3H2,(H,9,11). The van der Waals surface area contributed by atoms with Crippen LogP contribution in [-0.2, 0) is 9.53 Å². The molecule has 0 aliphatic heterocycles. The van der Waals surface area contributed by atoms with Gasteiger partial charge in [-0.1, -0.05) is 0 Å². The average molecular weight is 187 g/mol. The first kappa shape index (κ1) is 11.2. The molecule has 0 heterocycles. The fourth-order valence-corrected chi connectivity index (χ4v) is 0.402. The first-order chi connectivity index (χ1) is 5.48. The van der Waals surface area contributed by atoms with Crippen molar-refractivity contribution in [2.75, 3.05) is 19.9 Å². The molecule has 0 spiro atoms. The predicted molar refractivity (Wildman–Crippen MR) is 32.1 cm³/mol. The summed E-state index contributed by atoms with van der Waals surface area (Å²) in [4.78, 5) is 10.1. The molecule has 0 radical (unpaired) electrons. The minimum atomic E-state index is -4.86. The summed E-state index contributed by atoms with van der Waals surface area (Å²) < 4.78 is 38.6. The Balaban J connectivity index is 3.45. The number of halogens is 3. The summed E-state index contributed by atoms with van der Waals surface area (Å²) in [7, 11) is 0. The summed E-state index contributed by atoms with van der Waals surface area (Å²) in [6, 6.07) is 0. The number of nitrogens with one attached hydrogen (secondary N) is 1. The van der Waals surface area contributed by atoms with Crippen LogP contribution in [0, 0.1) is 0 Å². The van der Waals surface area contributed by atoms with Crippen molar-refractivity contribution in [2.45, 2.75) is 6.18 Å². The van der Waals surface area contributed by atoms with Crippen molar-refractivity contribution < 1.29 is 27.8 Å². The fraction of sp³-hybridized carbons (Fsp3) is 0.800. The molecule has 1 amide bonds. The average Bonchev–Trinajstić information content (AvgIpc) is 1.96. The van der Waals surface area contributed by atoms with Crippen molar-refractivity contribution in [3.63, 3.8) is 0 Å². The van der Waals surface area contributed by atoms with Gasteiger partial charge in [0.25, 0.3) is 0 Å². The van der Waals surface area contributed by atoms with E-state index in [4.69, 9.17) is 5.11 Å². The SMILES string of the molecule is O=C(NCCOCO)C(F)(F)F. The molecule has 0 fully saturated rings. The van der Waals surface area contributed by atoms with Crippen LogP contribution in [0.1, 0.15) is 0 Å². The van der Waals surface area contributed by atoms with Gasteiger partial charge in [-0.3, -0.25) is 4.79 Å². The Bertz CT molecular complexity index is 147. The normalized spacial score (nSPS) is 11.3. The van der Waals surface area contributed by atoms with Crippen LogP contribution in [0.5, 0.6) is 0 Å². The summed E-state index contributed by atoms with van der Waals surface area (Å²) in [5, 5.41) is 9.59. The number of carbonyl (C=O) groups excluding carboxylic acids is 1. The van der Waals surface area contributed by atoms with Gasteiger partial charge in [-0.15, -0.1) is 0 Å². The van der Waals surface area contributed by atoms with Gasteiger partial charge >= 0.3 is 12.1 Å². The molecule has 0 rings (SSSR count). The molecular formula is C5H8F3NO3. The van der Waals surface area contributed by atoms with Crippen molar-refractivity contribution in [2.24, 2.45) is 0 Å². The van der Waals surface area contributed by atoms with Crippen molar-refractivity contribution >= 4 is 5.91 Å². The third kappa shape index (κ3) is 4.91. The zero-order valence-electron chi connectivity index (χ0n) is 6.02. The van der Waals surface area contributed by atoms with Crippen molar-refractivity contribution in [1.29, 1.82) is 0 Å².